The van der Waals surface area contributed by atoms with Gasteiger partial charge in [0.25, 0.3) is 5.91 Å². The summed E-state index contributed by atoms with van der Waals surface area (Å²) in [5.74, 6) is -0.580. The number of amides is 1. The number of phenols is 2. The Labute approximate surface area is 123 Å². The molecule has 0 aliphatic carbocycles. The van der Waals surface area contributed by atoms with Crippen molar-refractivity contribution in [3.8, 4) is 11.5 Å². The summed E-state index contributed by atoms with van der Waals surface area (Å²) in [5.41, 5.74) is 2.13. The maximum atomic E-state index is 12.7. The average Bonchev–Trinajstić information content (AvgIpc) is 2.48. The van der Waals surface area contributed by atoms with E-state index in [1.165, 1.54) is 12.1 Å². The number of phenolic OH excluding ortho intramolecular Hbond substituents is 2. The van der Waals surface area contributed by atoms with Crippen LogP contribution in [0.15, 0.2) is 42.5 Å². The predicted molar refractivity (Wildman–Crippen MR) is 80.8 cm³/mol. The lowest BCUT2D eigenvalue weighted by Crippen LogP contribution is -2.39. The first kappa shape index (κ1) is 13.5. The van der Waals surface area contributed by atoms with Crippen LogP contribution in [0.1, 0.15) is 22.8 Å². The highest BCUT2D eigenvalue weighted by atomic mass is 16.3. The number of aromatic hydroxyl groups is 2. The summed E-state index contributed by atoms with van der Waals surface area (Å²) < 4.78 is 0. The maximum Gasteiger partial charge on any atom is 0.262 e. The molecule has 108 valence electrons. The van der Waals surface area contributed by atoms with Crippen LogP contribution in [-0.4, -0.2) is 22.7 Å². The number of carbonyl (C=O) groups excluding carboxylic acids is 1. The van der Waals surface area contributed by atoms with E-state index in [0.29, 0.717) is 12.5 Å². The molecule has 0 aromatic heterocycles. The Morgan fingerprint density at radius 3 is 2.71 bits per heavy atom. The van der Waals surface area contributed by atoms with E-state index in [2.05, 4.69) is 6.92 Å². The largest absolute Gasteiger partial charge is 0.504 e. The van der Waals surface area contributed by atoms with E-state index in [1.54, 1.807) is 11.0 Å². The van der Waals surface area contributed by atoms with E-state index in [1.807, 2.05) is 24.3 Å². The third-order valence-corrected chi connectivity index (χ3v) is 3.84. The van der Waals surface area contributed by atoms with Crippen molar-refractivity contribution in [1.82, 2.24) is 0 Å². The molecule has 1 heterocycles. The van der Waals surface area contributed by atoms with Gasteiger partial charge in [-0.1, -0.05) is 31.2 Å². The molecular formula is C17H17NO3. The summed E-state index contributed by atoms with van der Waals surface area (Å²) in [7, 11) is 0. The molecule has 3 rings (SSSR count). The molecule has 0 fully saturated rings. The van der Waals surface area contributed by atoms with Crippen LogP contribution in [-0.2, 0) is 6.42 Å². The highest BCUT2D eigenvalue weighted by molar-refractivity contribution is 6.08. The highest BCUT2D eigenvalue weighted by Gasteiger charge is 2.28. The summed E-state index contributed by atoms with van der Waals surface area (Å²) in [6, 6.07) is 12.2. The van der Waals surface area contributed by atoms with E-state index in [9.17, 15) is 15.0 Å². The number of benzene rings is 2. The monoisotopic (exact) mass is 283 g/mol. The minimum Gasteiger partial charge on any atom is -0.504 e. The normalized spacial score (nSPS) is 17.4. The van der Waals surface area contributed by atoms with Crippen LogP contribution < -0.4 is 4.90 Å². The molecule has 0 radical (unpaired) electrons. The molecule has 0 saturated carbocycles. The third-order valence-electron chi connectivity index (χ3n) is 3.84. The van der Waals surface area contributed by atoms with Crippen molar-refractivity contribution in [1.29, 1.82) is 0 Å². The van der Waals surface area contributed by atoms with Crippen molar-refractivity contribution in [2.24, 2.45) is 5.92 Å². The first-order valence-electron chi connectivity index (χ1n) is 6.98. The summed E-state index contributed by atoms with van der Waals surface area (Å²) in [6.07, 6.45) is 0.936. The topological polar surface area (TPSA) is 60.8 Å². The molecule has 1 unspecified atom stereocenters. The van der Waals surface area contributed by atoms with E-state index >= 15 is 0 Å². The summed E-state index contributed by atoms with van der Waals surface area (Å²) in [5, 5.41) is 19.5. The van der Waals surface area contributed by atoms with Crippen molar-refractivity contribution in [2.45, 2.75) is 13.3 Å². The Hall–Kier alpha value is -2.49. The number of carbonyl (C=O) groups is 1. The Morgan fingerprint density at radius 1 is 1.14 bits per heavy atom. The van der Waals surface area contributed by atoms with Gasteiger partial charge in [-0.25, -0.2) is 0 Å². The van der Waals surface area contributed by atoms with Gasteiger partial charge in [0, 0.05) is 12.2 Å². The minimum atomic E-state index is -0.363. The van der Waals surface area contributed by atoms with Gasteiger partial charge in [-0.05, 0) is 36.1 Å². The second-order valence-electron chi connectivity index (χ2n) is 5.53. The van der Waals surface area contributed by atoms with Crippen LogP contribution in [0, 0.1) is 5.92 Å². The zero-order valence-corrected chi connectivity index (χ0v) is 11.8. The lowest BCUT2D eigenvalue weighted by atomic mass is 9.93. The lowest BCUT2D eigenvalue weighted by molar-refractivity contribution is 0.0977. The van der Waals surface area contributed by atoms with E-state index in [-0.39, 0.29) is 23.0 Å². The van der Waals surface area contributed by atoms with Gasteiger partial charge in [-0.3, -0.25) is 4.79 Å². The van der Waals surface area contributed by atoms with Crippen molar-refractivity contribution in [3.63, 3.8) is 0 Å². The van der Waals surface area contributed by atoms with Crippen LogP contribution in [0.2, 0.25) is 0 Å². The van der Waals surface area contributed by atoms with Gasteiger partial charge in [-0.2, -0.15) is 0 Å². The molecule has 0 saturated heterocycles. The predicted octanol–water partition coefficient (Wildman–Crippen LogP) is 2.94. The standard InChI is InChI=1S/C17H17NO3/c1-11-9-12-5-2-3-7-14(12)18(10-11)17(21)13-6-4-8-15(19)16(13)20/h2-8,11,19-20H,9-10H2,1H3. The van der Waals surface area contributed by atoms with Crippen molar-refractivity contribution in [3.05, 3.63) is 53.6 Å². The quantitative estimate of drug-likeness (QED) is 0.791. The number of rotatable bonds is 1. The van der Waals surface area contributed by atoms with Crippen molar-refractivity contribution >= 4 is 11.6 Å². The van der Waals surface area contributed by atoms with Crippen LogP contribution >= 0.6 is 0 Å². The van der Waals surface area contributed by atoms with E-state index < -0.39 is 0 Å². The first-order valence-corrected chi connectivity index (χ1v) is 6.98. The van der Waals surface area contributed by atoms with Gasteiger partial charge >= 0.3 is 0 Å². The van der Waals surface area contributed by atoms with Crippen LogP contribution in [0.3, 0.4) is 0 Å². The molecule has 1 atom stereocenters. The fraction of sp³-hybridized carbons (Fsp3) is 0.235. The van der Waals surface area contributed by atoms with E-state index in [0.717, 1.165) is 17.7 Å². The van der Waals surface area contributed by atoms with Crippen LogP contribution in [0.4, 0.5) is 5.69 Å². The number of anilines is 1. The second-order valence-corrected chi connectivity index (χ2v) is 5.53. The SMILES string of the molecule is CC1Cc2ccccc2N(C(=O)c2cccc(O)c2O)C1. The molecule has 2 aromatic rings. The minimum absolute atomic E-state index is 0.124. The van der Waals surface area contributed by atoms with Gasteiger partial charge in [0.1, 0.15) is 0 Å². The van der Waals surface area contributed by atoms with Gasteiger partial charge < -0.3 is 15.1 Å². The Bertz CT molecular complexity index is 696. The van der Waals surface area contributed by atoms with Gasteiger partial charge in [0.2, 0.25) is 0 Å². The Morgan fingerprint density at radius 2 is 1.90 bits per heavy atom. The van der Waals surface area contributed by atoms with Crippen molar-refractivity contribution < 1.29 is 15.0 Å². The van der Waals surface area contributed by atoms with Gasteiger partial charge in [-0.15, -0.1) is 0 Å². The molecule has 1 amide bonds. The zero-order chi connectivity index (χ0) is 15.0. The molecule has 4 nitrogen and oxygen atoms in total. The zero-order valence-electron chi connectivity index (χ0n) is 11.8. The molecule has 1 aliphatic heterocycles. The number of hydrogen-bond donors (Lipinski definition) is 2. The van der Waals surface area contributed by atoms with Crippen molar-refractivity contribution in [2.75, 3.05) is 11.4 Å². The lowest BCUT2D eigenvalue weighted by Gasteiger charge is -2.33. The maximum absolute atomic E-state index is 12.7. The summed E-state index contributed by atoms with van der Waals surface area (Å²) >= 11 is 0. The number of hydrogen-bond acceptors (Lipinski definition) is 3. The molecule has 0 spiro atoms. The summed E-state index contributed by atoms with van der Waals surface area (Å²) in [4.78, 5) is 14.4. The number of fused-ring (bicyclic) bond motifs is 1. The Kier molecular flexibility index (Phi) is 3.29. The fourth-order valence-electron chi connectivity index (χ4n) is 2.84. The second kappa shape index (κ2) is 5.13. The fourth-order valence-corrected chi connectivity index (χ4v) is 2.84. The number of para-hydroxylation sites is 2. The smallest absolute Gasteiger partial charge is 0.262 e. The molecule has 2 aromatic carbocycles. The molecular weight excluding hydrogens is 266 g/mol. The highest BCUT2D eigenvalue weighted by Crippen LogP contribution is 2.34. The molecule has 4 heteroatoms. The first-order chi connectivity index (χ1) is 10.1. The molecule has 21 heavy (non-hydrogen) atoms. The van der Waals surface area contributed by atoms with E-state index in [4.69, 9.17) is 0 Å². The number of nitrogens with zero attached hydrogens (tertiary/aromatic N) is 1. The molecule has 0 bridgehead atoms. The Balaban J connectivity index is 2.04. The third kappa shape index (κ3) is 2.33. The molecule has 2 N–H and O–H groups in total. The van der Waals surface area contributed by atoms with Crippen LogP contribution in [0.5, 0.6) is 11.5 Å². The van der Waals surface area contributed by atoms with Crippen LogP contribution in [0.25, 0.3) is 0 Å². The summed E-state index contributed by atoms with van der Waals surface area (Å²) in [6.45, 7) is 2.70. The average molecular weight is 283 g/mol. The van der Waals surface area contributed by atoms with Gasteiger partial charge in [0.05, 0.1) is 5.56 Å². The van der Waals surface area contributed by atoms with Gasteiger partial charge in [0.15, 0.2) is 11.5 Å². The molecule has 1 aliphatic rings.